The van der Waals surface area contributed by atoms with E-state index in [1.165, 1.54) is 6.07 Å². The number of nitrogens with zero attached hydrogens (tertiary/aromatic N) is 2. The summed E-state index contributed by atoms with van der Waals surface area (Å²) in [5.74, 6) is 0.798. The van der Waals surface area contributed by atoms with Crippen LogP contribution in [0.25, 0.3) is 0 Å². The molecule has 2 aromatic rings. The summed E-state index contributed by atoms with van der Waals surface area (Å²) in [6.45, 7) is 3.96. The summed E-state index contributed by atoms with van der Waals surface area (Å²) < 4.78 is 18.5. The first-order valence-electron chi connectivity index (χ1n) is 5.89. The van der Waals surface area contributed by atoms with Crippen molar-refractivity contribution < 1.29 is 8.91 Å². The molecule has 0 aliphatic heterocycles. The van der Waals surface area contributed by atoms with Crippen LogP contribution in [-0.4, -0.2) is 10.1 Å². The van der Waals surface area contributed by atoms with Gasteiger partial charge < -0.3 is 10.3 Å². The van der Waals surface area contributed by atoms with E-state index in [1.807, 2.05) is 13.8 Å². The Labute approximate surface area is 105 Å². The molecule has 0 bridgehead atoms. The van der Waals surface area contributed by atoms with Crippen molar-refractivity contribution in [3.05, 3.63) is 47.4 Å². The molecule has 0 aliphatic rings. The lowest BCUT2D eigenvalue weighted by Crippen LogP contribution is -2.17. The van der Waals surface area contributed by atoms with Crippen LogP contribution >= 0.6 is 0 Å². The second-order valence-electron chi connectivity index (χ2n) is 4.59. The van der Waals surface area contributed by atoms with Crippen LogP contribution in [0, 0.1) is 11.7 Å². The summed E-state index contributed by atoms with van der Waals surface area (Å²) in [7, 11) is 0. The van der Waals surface area contributed by atoms with Crippen molar-refractivity contribution in [2.75, 3.05) is 0 Å². The van der Waals surface area contributed by atoms with Gasteiger partial charge in [-0.3, -0.25) is 0 Å². The number of aromatic nitrogens is 2. The van der Waals surface area contributed by atoms with E-state index >= 15 is 0 Å². The molecule has 0 spiro atoms. The largest absolute Gasteiger partial charge is 0.338 e. The molecule has 1 aromatic heterocycles. The summed E-state index contributed by atoms with van der Waals surface area (Å²) in [6.07, 6.45) is 0.307. The second kappa shape index (κ2) is 5.27. The third kappa shape index (κ3) is 2.73. The average Bonchev–Trinajstić information content (AvgIpc) is 2.79. The van der Waals surface area contributed by atoms with Gasteiger partial charge in [0.15, 0.2) is 5.82 Å². The Morgan fingerprint density at radius 1 is 1.33 bits per heavy atom. The first kappa shape index (κ1) is 12.7. The van der Waals surface area contributed by atoms with Crippen molar-refractivity contribution in [1.29, 1.82) is 0 Å². The summed E-state index contributed by atoms with van der Waals surface area (Å²) in [6, 6.07) is 6.25. The van der Waals surface area contributed by atoms with E-state index in [0.29, 0.717) is 23.7 Å². The van der Waals surface area contributed by atoms with Crippen LogP contribution in [0.5, 0.6) is 0 Å². The van der Waals surface area contributed by atoms with Crippen molar-refractivity contribution in [1.82, 2.24) is 10.1 Å². The topological polar surface area (TPSA) is 64.9 Å². The monoisotopic (exact) mass is 249 g/mol. The van der Waals surface area contributed by atoms with Crippen LogP contribution in [0.3, 0.4) is 0 Å². The van der Waals surface area contributed by atoms with E-state index in [1.54, 1.807) is 18.2 Å². The Morgan fingerprint density at radius 3 is 2.72 bits per heavy atom. The van der Waals surface area contributed by atoms with Crippen molar-refractivity contribution in [2.45, 2.75) is 26.3 Å². The van der Waals surface area contributed by atoms with Crippen LogP contribution in [0.4, 0.5) is 4.39 Å². The van der Waals surface area contributed by atoms with Crippen molar-refractivity contribution in [2.24, 2.45) is 11.7 Å². The minimum Gasteiger partial charge on any atom is -0.338 e. The average molecular weight is 249 g/mol. The third-order valence-electron chi connectivity index (χ3n) is 2.79. The van der Waals surface area contributed by atoms with E-state index in [2.05, 4.69) is 10.1 Å². The Kier molecular flexibility index (Phi) is 3.72. The second-order valence-corrected chi connectivity index (χ2v) is 4.59. The number of hydrogen-bond acceptors (Lipinski definition) is 4. The zero-order chi connectivity index (χ0) is 13.1. The van der Waals surface area contributed by atoms with Gasteiger partial charge in [-0.15, -0.1) is 0 Å². The molecule has 1 heterocycles. The lowest BCUT2D eigenvalue weighted by molar-refractivity contribution is 0.322. The number of benzene rings is 1. The van der Waals surface area contributed by atoms with E-state index < -0.39 is 0 Å². The highest BCUT2D eigenvalue weighted by Gasteiger charge is 2.18. The maximum atomic E-state index is 13.5. The maximum absolute atomic E-state index is 13.5. The highest BCUT2D eigenvalue weighted by atomic mass is 19.1. The van der Waals surface area contributed by atoms with Gasteiger partial charge in [-0.25, -0.2) is 4.39 Å². The quantitative estimate of drug-likeness (QED) is 0.904. The standard InChI is InChI=1S/C13H16FN3O/c1-8(2)12(15)13-16-11(17-18-13)7-9-5-3-4-6-10(9)14/h3-6,8,12H,7,15H2,1-2H3. The van der Waals surface area contributed by atoms with Gasteiger partial charge in [-0.2, -0.15) is 4.98 Å². The van der Waals surface area contributed by atoms with Crippen LogP contribution in [0.1, 0.15) is 37.2 Å². The van der Waals surface area contributed by atoms with Crippen molar-refractivity contribution in [3.8, 4) is 0 Å². The molecule has 0 saturated heterocycles. The molecule has 1 unspecified atom stereocenters. The predicted octanol–water partition coefficient (Wildman–Crippen LogP) is 2.46. The predicted molar refractivity (Wildman–Crippen MR) is 65.3 cm³/mol. The van der Waals surface area contributed by atoms with Gasteiger partial charge in [0.2, 0.25) is 5.89 Å². The zero-order valence-electron chi connectivity index (χ0n) is 10.4. The maximum Gasteiger partial charge on any atom is 0.243 e. The minimum atomic E-state index is -0.285. The van der Waals surface area contributed by atoms with Crippen molar-refractivity contribution in [3.63, 3.8) is 0 Å². The lowest BCUT2D eigenvalue weighted by atomic mass is 10.1. The molecule has 1 aromatic carbocycles. The number of halogens is 1. The first-order chi connectivity index (χ1) is 8.58. The van der Waals surface area contributed by atoms with Gasteiger partial charge >= 0.3 is 0 Å². The van der Waals surface area contributed by atoms with E-state index in [4.69, 9.17) is 10.3 Å². The van der Waals surface area contributed by atoms with Gasteiger partial charge in [0.1, 0.15) is 5.82 Å². The molecule has 2 rings (SSSR count). The van der Waals surface area contributed by atoms with E-state index in [9.17, 15) is 4.39 Å². The first-order valence-corrected chi connectivity index (χ1v) is 5.89. The van der Waals surface area contributed by atoms with E-state index in [-0.39, 0.29) is 17.8 Å². The molecule has 0 radical (unpaired) electrons. The Balaban J connectivity index is 2.14. The van der Waals surface area contributed by atoms with Crippen LogP contribution in [0.15, 0.2) is 28.8 Å². The molecule has 0 aliphatic carbocycles. The van der Waals surface area contributed by atoms with Gasteiger partial charge in [0.05, 0.1) is 6.04 Å². The lowest BCUT2D eigenvalue weighted by Gasteiger charge is -2.09. The summed E-state index contributed by atoms with van der Waals surface area (Å²) in [4.78, 5) is 4.20. The molecule has 0 amide bonds. The fourth-order valence-electron chi connectivity index (χ4n) is 1.57. The van der Waals surface area contributed by atoms with Gasteiger partial charge in [-0.05, 0) is 17.5 Å². The molecule has 0 saturated carbocycles. The number of hydrogen-bond donors (Lipinski definition) is 1. The third-order valence-corrected chi connectivity index (χ3v) is 2.79. The summed E-state index contributed by atoms with van der Waals surface area (Å²) in [5, 5.41) is 3.82. The summed E-state index contributed by atoms with van der Waals surface area (Å²) >= 11 is 0. The van der Waals surface area contributed by atoms with Gasteiger partial charge in [0, 0.05) is 6.42 Å². The summed E-state index contributed by atoms with van der Waals surface area (Å²) in [5.41, 5.74) is 6.45. The molecular formula is C13H16FN3O. The highest BCUT2D eigenvalue weighted by molar-refractivity contribution is 5.20. The van der Waals surface area contributed by atoms with Crippen molar-refractivity contribution >= 4 is 0 Å². The fourth-order valence-corrected chi connectivity index (χ4v) is 1.57. The fraction of sp³-hybridized carbons (Fsp3) is 0.385. The number of nitrogens with two attached hydrogens (primary N) is 1. The number of rotatable bonds is 4. The Hall–Kier alpha value is -1.75. The Bertz CT molecular complexity index is 524. The smallest absolute Gasteiger partial charge is 0.243 e. The Morgan fingerprint density at radius 2 is 2.06 bits per heavy atom. The molecule has 0 fully saturated rings. The van der Waals surface area contributed by atoms with Crippen LogP contribution in [0.2, 0.25) is 0 Å². The highest BCUT2D eigenvalue weighted by Crippen LogP contribution is 2.18. The normalized spacial score (nSPS) is 12.9. The SMILES string of the molecule is CC(C)C(N)c1nc(Cc2ccccc2F)no1. The molecule has 1 atom stereocenters. The molecular weight excluding hydrogens is 233 g/mol. The molecule has 5 heteroatoms. The molecule has 2 N–H and O–H groups in total. The van der Waals surface area contributed by atoms with Gasteiger partial charge in [-0.1, -0.05) is 37.2 Å². The molecule has 96 valence electrons. The zero-order valence-corrected chi connectivity index (χ0v) is 10.4. The van der Waals surface area contributed by atoms with E-state index in [0.717, 1.165) is 0 Å². The minimum absolute atomic E-state index is 0.215. The van der Waals surface area contributed by atoms with Crippen LogP contribution < -0.4 is 5.73 Å². The molecule has 4 nitrogen and oxygen atoms in total. The van der Waals surface area contributed by atoms with Crippen LogP contribution in [-0.2, 0) is 6.42 Å². The molecule has 18 heavy (non-hydrogen) atoms. The van der Waals surface area contributed by atoms with Gasteiger partial charge in [0.25, 0.3) is 0 Å².